The molecule has 0 amide bonds. The number of hydrogen-bond acceptors (Lipinski definition) is 11. The molecule has 1 aromatic carbocycles. The van der Waals surface area contributed by atoms with E-state index in [1.54, 1.807) is 31.3 Å². The van der Waals surface area contributed by atoms with Gasteiger partial charge in [0.1, 0.15) is 29.8 Å². The van der Waals surface area contributed by atoms with Crippen molar-refractivity contribution in [2.45, 2.75) is 37.1 Å². The standard InChI is InChI=1S/C16H24N4O7/c1-18-8-11(19-17)9-2-4-10(5-3-9)26-16-15(23)14(22)13(21)12(27-16)6-7-20(24)25/h2-5,8,12-16,21-25H,6-7,17H2,1H3/b18-8?,19-11+/t12-,13-,14?,15?,16+/m1/s1. The van der Waals surface area contributed by atoms with Gasteiger partial charge in [0.15, 0.2) is 0 Å². The molecule has 1 saturated heterocycles. The molecule has 150 valence electrons. The first kappa shape index (κ1) is 21.2. The summed E-state index contributed by atoms with van der Waals surface area (Å²) >= 11 is 0. The Bertz CT molecular complexity index is 653. The summed E-state index contributed by atoms with van der Waals surface area (Å²) < 4.78 is 11.0. The maximum atomic E-state index is 10.1. The molecule has 1 aliphatic heterocycles. The van der Waals surface area contributed by atoms with Crippen LogP contribution in [0.2, 0.25) is 0 Å². The molecule has 2 unspecified atom stereocenters. The average Bonchev–Trinajstić information content (AvgIpc) is 2.66. The number of benzene rings is 1. The first-order valence-corrected chi connectivity index (χ1v) is 8.19. The van der Waals surface area contributed by atoms with Gasteiger partial charge in [0.25, 0.3) is 0 Å². The summed E-state index contributed by atoms with van der Waals surface area (Å²) in [5.74, 6) is 5.65. The topological polar surface area (TPSA) is 174 Å². The van der Waals surface area contributed by atoms with Crippen LogP contribution in [0.3, 0.4) is 0 Å². The Morgan fingerprint density at radius 3 is 2.41 bits per heavy atom. The molecule has 1 heterocycles. The minimum absolute atomic E-state index is 0.0105. The second-order valence-corrected chi connectivity index (χ2v) is 5.94. The molecule has 0 radical (unpaired) electrons. The number of nitrogens with two attached hydrogens (primary N) is 1. The van der Waals surface area contributed by atoms with Crippen molar-refractivity contribution in [1.29, 1.82) is 0 Å². The lowest BCUT2D eigenvalue weighted by Gasteiger charge is -2.40. The summed E-state index contributed by atoms with van der Waals surface area (Å²) in [4.78, 5) is 3.85. The zero-order valence-corrected chi connectivity index (χ0v) is 14.7. The fourth-order valence-corrected chi connectivity index (χ4v) is 2.64. The van der Waals surface area contributed by atoms with E-state index in [4.69, 9.17) is 25.7 Å². The summed E-state index contributed by atoms with van der Waals surface area (Å²) in [6.07, 6.45) is -5.16. The molecule has 7 N–H and O–H groups in total. The van der Waals surface area contributed by atoms with E-state index in [9.17, 15) is 15.3 Å². The van der Waals surface area contributed by atoms with E-state index >= 15 is 0 Å². The summed E-state index contributed by atoms with van der Waals surface area (Å²) in [6.45, 7) is -0.230. The van der Waals surface area contributed by atoms with E-state index in [1.165, 1.54) is 6.21 Å². The van der Waals surface area contributed by atoms with Crippen LogP contribution in [0.1, 0.15) is 12.0 Å². The van der Waals surface area contributed by atoms with E-state index in [1.807, 2.05) is 0 Å². The number of aliphatic hydroxyl groups excluding tert-OH is 3. The van der Waals surface area contributed by atoms with Crippen LogP contribution in [0.25, 0.3) is 0 Å². The number of nitrogens with zero attached hydrogens (tertiary/aromatic N) is 3. The largest absolute Gasteiger partial charge is 0.462 e. The zero-order chi connectivity index (χ0) is 20.0. The van der Waals surface area contributed by atoms with Crippen molar-refractivity contribution < 1.29 is 35.2 Å². The molecular weight excluding hydrogens is 360 g/mol. The second-order valence-electron chi connectivity index (χ2n) is 5.94. The van der Waals surface area contributed by atoms with Crippen molar-refractivity contribution in [2.75, 3.05) is 13.6 Å². The first-order chi connectivity index (χ1) is 12.9. The Morgan fingerprint density at radius 2 is 1.85 bits per heavy atom. The zero-order valence-electron chi connectivity index (χ0n) is 14.7. The molecule has 11 heteroatoms. The van der Waals surface area contributed by atoms with Crippen LogP contribution in [0, 0.1) is 0 Å². The predicted octanol–water partition coefficient (Wildman–Crippen LogP) is -1.29. The summed E-state index contributed by atoms with van der Waals surface area (Å²) in [6, 6.07) is 6.54. The molecule has 27 heavy (non-hydrogen) atoms. The van der Waals surface area contributed by atoms with E-state index in [0.29, 0.717) is 17.0 Å². The molecule has 1 aliphatic rings. The van der Waals surface area contributed by atoms with Gasteiger partial charge in [0.2, 0.25) is 6.29 Å². The van der Waals surface area contributed by atoms with E-state index in [0.717, 1.165) is 0 Å². The van der Waals surface area contributed by atoms with Crippen LogP contribution in [-0.2, 0) is 4.74 Å². The predicted molar refractivity (Wildman–Crippen MR) is 93.8 cm³/mol. The van der Waals surface area contributed by atoms with Gasteiger partial charge in [0, 0.05) is 18.8 Å². The van der Waals surface area contributed by atoms with Crippen molar-refractivity contribution in [2.24, 2.45) is 15.9 Å². The number of hydrogen-bond donors (Lipinski definition) is 6. The number of aliphatic hydroxyl groups is 3. The molecule has 0 aliphatic carbocycles. The van der Waals surface area contributed by atoms with Gasteiger partial charge in [-0.1, -0.05) is 5.23 Å². The quantitative estimate of drug-likeness (QED) is 0.190. The van der Waals surface area contributed by atoms with Crippen molar-refractivity contribution in [3.05, 3.63) is 29.8 Å². The highest BCUT2D eigenvalue weighted by molar-refractivity contribution is 6.38. The Morgan fingerprint density at radius 1 is 1.19 bits per heavy atom. The Balaban J connectivity index is 2.08. The smallest absolute Gasteiger partial charge is 0.229 e. The highest BCUT2D eigenvalue weighted by atomic mass is 16.8. The summed E-state index contributed by atoms with van der Waals surface area (Å²) in [5.41, 5.74) is 1.16. The van der Waals surface area contributed by atoms with Crippen molar-refractivity contribution in [1.82, 2.24) is 5.23 Å². The highest BCUT2D eigenvalue weighted by Gasteiger charge is 2.44. The monoisotopic (exact) mass is 384 g/mol. The van der Waals surface area contributed by atoms with Gasteiger partial charge >= 0.3 is 0 Å². The van der Waals surface area contributed by atoms with Crippen LogP contribution in [-0.4, -0.2) is 87.2 Å². The molecule has 11 nitrogen and oxygen atoms in total. The van der Waals surface area contributed by atoms with Crippen molar-refractivity contribution >= 4 is 11.9 Å². The average molecular weight is 384 g/mol. The summed E-state index contributed by atoms with van der Waals surface area (Å²) in [5, 5.41) is 51.2. The van der Waals surface area contributed by atoms with Gasteiger partial charge in [-0.25, -0.2) is 0 Å². The third-order valence-corrected chi connectivity index (χ3v) is 4.07. The number of aliphatic imine (C=N–C) groups is 1. The lowest BCUT2D eigenvalue weighted by molar-refractivity contribution is -0.317. The van der Waals surface area contributed by atoms with Crippen LogP contribution < -0.4 is 10.6 Å². The summed E-state index contributed by atoms with van der Waals surface area (Å²) in [7, 11) is 1.59. The minimum Gasteiger partial charge on any atom is -0.462 e. The van der Waals surface area contributed by atoms with E-state index in [-0.39, 0.29) is 18.2 Å². The number of rotatable bonds is 7. The molecular formula is C16H24N4O7. The Kier molecular flexibility index (Phi) is 7.62. The van der Waals surface area contributed by atoms with E-state index in [2.05, 4.69) is 10.1 Å². The van der Waals surface area contributed by atoms with Crippen LogP contribution in [0.4, 0.5) is 0 Å². The number of hydrazone groups is 1. The molecule has 2 rings (SSSR count). The van der Waals surface area contributed by atoms with E-state index < -0.39 is 30.7 Å². The van der Waals surface area contributed by atoms with Crippen LogP contribution in [0.5, 0.6) is 5.75 Å². The van der Waals surface area contributed by atoms with Crippen molar-refractivity contribution in [3.8, 4) is 5.75 Å². The Labute approximate surface area is 155 Å². The maximum absolute atomic E-state index is 10.1. The second kappa shape index (κ2) is 9.71. The normalized spacial score (nSPS) is 29.4. The molecule has 0 bridgehead atoms. The minimum atomic E-state index is -1.52. The van der Waals surface area contributed by atoms with Crippen LogP contribution >= 0.6 is 0 Å². The lowest BCUT2D eigenvalue weighted by Crippen LogP contribution is -2.59. The maximum Gasteiger partial charge on any atom is 0.229 e. The Hall–Kier alpha value is -2.12. The fourth-order valence-electron chi connectivity index (χ4n) is 2.64. The molecule has 0 aromatic heterocycles. The fraction of sp³-hybridized carbons (Fsp3) is 0.500. The van der Waals surface area contributed by atoms with Gasteiger partial charge in [0.05, 0.1) is 12.6 Å². The number of hydroxylamine groups is 2. The molecule has 5 atom stereocenters. The van der Waals surface area contributed by atoms with Gasteiger partial charge in [-0.3, -0.25) is 15.4 Å². The molecule has 1 aromatic rings. The lowest BCUT2D eigenvalue weighted by atomic mass is 9.97. The van der Waals surface area contributed by atoms with Gasteiger partial charge in [-0.05, 0) is 30.7 Å². The molecule has 0 saturated carbocycles. The molecule has 0 spiro atoms. The molecule has 1 fully saturated rings. The van der Waals surface area contributed by atoms with Gasteiger partial charge < -0.3 is 30.6 Å². The van der Waals surface area contributed by atoms with Crippen molar-refractivity contribution in [3.63, 3.8) is 0 Å². The SMILES string of the molecule is CN=C/C(=N\N)c1ccc(O[C@H]2O[C@H](CCN(O)O)[C@@H](O)C(O)C2O)cc1. The van der Waals surface area contributed by atoms with Crippen LogP contribution in [0.15, 0.2) is 34.4 Å². The number of ether oxygens (including phenoxy) is 2. The van der Waals surface area contributed by atoms with Gasteiger partial charge in [-0.15, -0.1) is 0 Å². The third kappa shape index (κ3) is 5.43. The van der Waals surface area contributed by atoms with Gasteiger partial charge in [-0.2, -0.15) is 5.10 Å². The third-order valence-electron chi connectivity index (χ3n) is 4.07. The first-order valence-electron chi connectivity index (χ1n) is 8.19. The highest BCUT2D eigenvalue weighted by Crippen LogP contribution is 2.26.